The number of carbonyl (C=O) groups excluding carboxylic acids is 1. The van der Waals surface area contributed by atoms with Crippen LogP contribution < -0.4 is 5.32 Å². The van der Waals surface area contributed by atoms with Crippen LogP contribution in [0, 0.1) is 10.8 Å². The van der Waals surface area contributed by atoms with Gasteiger partial charge in [0.25, 0.3) is 15.9 Å². The number of nitrogens with one attached hydrogen (secondary N) is 1. The quantitative estimate of drug-likeness (QED) is 0.778. The highest BCUT2D eigenvalue weighted by atomic mass is 32.2. The fraction of sp³-hybridized carbons (Fsp3) is 0.524. The van der Waals surface area contributed by atoms with Crippen LogP contribution in [0.25, 0.3) is 0 Å². The highest BCUT2D eigenvalue weighted by Gasteiger charge is 2.48. The highest BCUT2D eigenvalue weighted by molar-refractivity contribution is 7.90. The minimum absolute atomic E-state index is 0.00394. The zero-order valence-corrected chi connectivity index (χ0v) is 18.6. The lowest BCUT2D eigenvalue weighted by atomic mass is 9.84. The Morgan fingerprint density at radius 3 is 2.34 bits per heavy atom. The van der Waals surface area contributed by atoms with Crippen molar-refractivity contribution < 1.29 is 18.3 Å². The molecule has 8 heteroatoms. The maximum absolute atomic E-state index is 13.3. The molecule has 158 valence electrons. The van der Waals surface area contributed by atoms with Crippen molar-refractivity contribution in [1.29, 1.82) is 0 Å². The van der Waals surface area contributed by atoms with Crippen molar-refractivity contribution in [3.63, 3.8) is 0 Å². The molecule has 0 radical (unpaired) electrons. The monoisotopic (exact) mass is 419 g/mol. The summed E-state index contributed by atoms with van der Waals surface area (Å²) in [5.74, 6) is -0.677. The molecule has 2 aliphatic heterocycles. The maximum atomic E-state index is 13.3. The Kier molecular flexibility index (Phi) is 5.06. The van der Waals surface area contributed by atoms with Crippen molar-refractivity contribution >= 4 is 27.5 Å². The van der Waals surface area contributed by atoms with Gasteiger partial charge in [-0.15, -0.1) is 4.40 Å². The molecule has 0 bridgehead atoms. The van der Waals surface area contributed by atoms with Crippen molar-refractivity contribution in [2.24, 2.45) is 15.2 Å². The van der Waals surface area contributed by atoms with Crippen LogP contribution in [-0.4, -0.2) is 42.8 Å². The van der Waals surface area contributed by atoms with E-state index in [1.165, 1.54) is 6.07 Å². The number of aliphatic hydroxyl groups is 1. The number of aliphatic hydroxyl groups excluding tert-OH is 1. The van der Waals surface area contributed by atoms with E-state index >= 15 is 0 Å². The smallest absolute Gasteiger partial charge is 0.286 e. The van der Waals surface area contributed by atoms with E-state index in [-0.39, 0.29) is 27.5 Å². The van der Waals surface area contributed by atoms with Gasteiger partial charge in [-0.05, 0) is 29.4 Å². The number of anilines is 1. The van der Waals surface area contributed by atoms with Crippen LogP contribution in [0.4, 0.5) is 5.69 Å². The fourth-order valence-electron chi connectivity index (χ4n) is 3.66. The van der Waals surface area contributed by atoms with Crippen LogP contribution in [0.1, 0.15) is 48.0 Å². The standard InChI is InChI=1S/C21H29N3O4S/c1-20(2,3)11-12-24-17(21(4,5)6)16(25)15(19(24)26)18-22-13-9-7-8-10-14(13)29(27,28)23-18/h7-10,17,25H,11-12H2,1-6H3,(H,22,23)/t17-/m1/s1. The zero-order chi connectivity index (χ0) is 21.8. The Hall–Kier alpha value is -2.35. The lowest BCUT2D eigenvalue weighted by Crippen LogP contribution is -2.45. The van der Waals surface area contributed by atoms with Gasteiger partial charge in [-0.25, -0.2) is 0 Å². The molecule has 0 saturated heterocycles. The van der Waals surface area contributed by atoms with Crippen LogP contribution in [0.2, 0.25) is 0 Å². The molecule has 1 amide bonds. The van der Waals surface area contributed by atoms with Gasteiger partial charge in [-0.1, -0.05) is 53.7 Å². The third-order valence-corrected chi connectivity index (χ3v) is 6.43. The topological polar surface area (TPSA) is 99.1 Å². The summed E-state index contributed by atoms with van der Waals surface area (Å²) in [5.41, 5.74) is -0.169. The summed E-state index contributed by atoms with van der Waals surface area (Å²) in [5, 5.41) is 14.0. The molecule has 2 aliphatic rings. The Balaban J connectivity index is 2.06. The normalized spacial score (nSPS) is 21.7. The number of amides is 1. The van der Waals surface area contributed by atoms with Gasteiger partial charge in [0.2, 0.25) is 0 Å². The average molecular weight is 420 g/mol. The lowest BCUT2D eigenvalue weighted by molar-refractivity contribution is -0.128. The van der Waals surface area contributed by atoms with E-state index in [9.17, 15) is 18.3 Å². The molecule has 0 spiro atoms. The lowest BCUT2D eigenvalue weighted by Gasteiger charge is -2.36. The summed E-state index contributed by atoms with van der Waals surface area (Å²) in [6.45, 7) is 12.5. The molecule has 7 nitrogen and oxygen atoms in total. The van der Waals surface area contributed by atoms with Gasteiger partial charge in [0.1, 0.15) is 16.2 Å². The molecule has 0 saturated carbocycles. The van der Waals surface area contributed by atoms with Crippen LogP contribution in [0.5, 0.6) is 0 Å². The second kappa shape index (κ2) is 6.86. The summed E-state index contributed by atoms with van der Waals surface area (Å²) in [6.07, 6.45) is 0.743. The van der Waals surface area contributed by atoms with E-state index in [0.29, 0.717) is 12.2 Å². The molecule has 1 aromatic rings. The molecule has 2 N–H and O–H groups in total. The second-order valence-electron chi connectivity index (χ2n) is 9.87. The summed E-state index contributed by atoms with van der Waals surface area (Å²) in [6, 6.07) is 5.81. The van der Waals surface area contributed by atoms with E-state index in [1.807, 2.05) is 20.8 Å². The first-order valence-corrected chi connectivity index (χ1v) is 11.1. The van der Waals surface area contributed by atoms with E-state index in [1.54, 1.807) is 23.1 Å². The number of benzene rings is 1. The number of para-hydroxylation sites is 1. The summed E-state index contributed by atoms with van der Waals surface area (Å²) < 4.78 is 29.0. The molecule has 0 fully saturated rings. The van der Waals surface area contributed by atoms with Gasteiger partial charge >= 0.3 is 0 Å². The van der Waals surface area contributed by atoms with E-state index < -0.39 is 27.4 Å². The first-order chi connectivity index (χ1) is 13.2. The summed E-state index contributed by atoms with van der Waals surface area (Å²) in [4.78, 5) is 15.0. The van der Waals surface area contributed by atoms with Crippen LogP contribution in [-0.2, 0) is 14.8 Å². The van der Waals surface area contributed by atoms with Gasteiger partial charge in [-0.2, -0.15) is 8.42 Å². The fourth-order valence-corrected chi connectivity index (χ4v) is 4.79. The second-order valence-corrected chi connectivity index (χ2v) is 11.4. The summed E-state index contributed by atoms with van der Waals surface area (Å²) >= 11 is 0. The van der Waals surface area contributed by atoms with Crippen molar-refractivity contribution in [3.05, 3.63) is 35.6 Å². The molecule has 0 aromatic heterocycles. The molecular weight excluding hydrogens is 390 g/mol. The van der Waals surface area contributed by atoms with E-state index in [0.717, 1.165) is 6.42 Å². The first kappa shape index (κ1) is 21.4. The average Bonchev–Trinajstić information content (AvgIpc) is 2.81. The number of rotatable bonds is 3. The number of fused-ring (bicyclic) bond motifs is 1. The van der Waals surface area contributed by atoms with Gasteiger partial charge in [0.05, 0.1) is 11.7 Å². The predicted octanol–water partition coefficient (Wildman–Crippen LogP) is 3.70. The first-order valence-electron chi connectivity index (χ1n) is 9.68. The minimum Gasteiger partial charge on any atom is -0.509 e. The molecule has 1 atom stereocenters. The van der Waals surface area contributed by atoms with Gasteiger partial charge in [0, 0.05) is 6.54 Å². The SMILES string of the molecule is CC(C)(C)CCN1C(=O)C(C2=NS(=O)(=O)c3ccccc3N2)=C(O)[C@@H]1C(C)(C)C. The third-order valence-electron chi connectivity index (χ3n) is 5.09. The third kappa shape index (κ3) is 4.03. The van der Waals surface area contributed by atoms with Crippen LogP contribution in [0.15, 0.2) is 44.9 Å². The van der Waals surface area contributed by atoms with Gasteiger partial charge < -0.3 is 15.3 Å². The molecular formula is C21H29N3O4S. The molecule has 0 aliphatic carbocycles. The van der Waals surface area contributed by atoms with Gasteiger partial charge in [0.15, 0.2) is 5.84 Å². The molecule has 2 heterocycles. The van der Waals surface area contributed by atoms with Crippen molar-refractivity contribution in [2.75, 3.05) is 11.9 Å². The maximum Gasteiger partial charge on any atom is 0.286 e. The minimum atomic E-state index is -3.97. The Morgan fingerprint density at radius 2 is 1.76 bits per heavy atom. The summed E-state index contributed by atoms with van der Waals surface area (Å²) in [7, 11) is -3.97. The molecule has 0 unspecified atom stereocenters. The van der Waals surface area contributed by atoms with Crippen molar-refractivity contribution in [3.8, 4) is 0 Å². The number of amidine groups is 1. The number of nitrogens with zero attached hydrogens (tertiary/aromatic N) is 2. The number of sulfonamides is 1. The van der Waals surface area contributed by atoms with Gasteiger partial charge in [-0.3, -0.25) is 4.79 Å². The van der Waals surface area contributed by atoms with E-state index in [2.05, 4.69) is 30.5 Å². The Bertz CT molecular complexity index is 1010. The van der Waals surface area contributed by atoms with E-state index in [4.69, 9.17) is 0 Å². The molecule has 29 heavy (non-hydrogen) atoms. The molecule has 3 rings (SSSR count). The van der Waals surface area contributed by atoms with Crippen LogP contribution in [0.3, 0.4) is 0 Å². The van der Waals surface area contributed by atoms with Crippen molar-refractivity contribution in [1.82, 2.24) is 4.90 Å². The Morgan fingerprint density at radius 1 is 1.14 bits per heavy atom. The Labute approximate surface area is 172 Å². The zero-order valence-electron chi connectivity index (χ0n) is 17.8. The largest absolute Gasteiger partial charge is 0.509 e. The van der Waals surface area contributed by atoms with Crippen molar-refractivity contribution in [2.45, 2.75) is 58.9 Å². The number of hydrogen-bond acceptors (Lipinski definition) is 5. The predicted molar refractivity (Wildman–Crippen MR) is 113 cm³/mol. The highest BCUT2D eigenvalue weighted by Crippen LogP contribution is 2.39. The van der Waals surface area contributed by atoms with Crippen LogP contribution >= 0.6 is 0 Å². The number of carbonyl (C=O) groups is 1. The molecule has 1 aromatic carbocycles. The number of hydrogen-bond donors (Lipinski definition) is 2.